The third-order valence-electron chi connectivity index (χ3n) is 3.45. The van der Waals surface area contributed by atoms with Crippen molar-refractivity contribution >= 4 is 0 Å². The van der Waals surface area contributed by atoms with Crippen molar-refractivity contribution < 1.29 is 44.8 Å². The molecule has 160 valence electrons. The highest BCUT2D eigenvalue weighted by molar-refractivity contribution is 4.74. The molecule has 26 heavy (non-hydrogen) atoms. The summed E-state index contributed by atoms with van der Waals surface area (Å²) >= 11 is 0. The van der Waals surface area contributed by atoms with Crippen molar-refractivity contribution in [3.8, 4) is 0 Å². The van der Waals surface area contributed by atoms with E-state index in [0.29, 0.717) is 19.8 Å². The van der Waals surface area contributed by atoms with Crippen LogP contribution in [0.2, 0.25) is 0 Å². The standard InChI is InChI=1S/C12H26O5.C5H12O4/c1-9(14)6-15-11(3)8-17-12(4)7-16-10(2)5-13;6-1-5(2-7,3-8)4-9/h9-14H,5-8H2,1-4H3;6-9H,1-4H2. The van der Waals surface area contributed by atoms with Gasteiger partial charge in [0.2, 0.25) is 0 Å². The lowest BCUT2D eigenvalue weighted by molar-refractivity contribution is -0.0825. The van der Waals surface area contributed by atoms with Crippen LogP contribution in [0.25, 0.3) is 0 Å². The van der Waals surface area contributed by atoms with E-state index in [2.05, 4.69) is 0 Å². The van der Waals surface area contributed by atoms with E-state index in [0.717, 1.165) is 0 Å². The third-order valence-corrected chi connectivity index (χ3v) is 3.45. The van der Waals surface area contributed by atoms with Crippen LogP contribution in [0.4, 0.5) is 0 Å². The minimum Gasteiger partial charge on any atom is -0.396 e. The van der Waals surface area contributed by atoms with Gasteiger partial charge in [0.15, 0.2) is 0 Å². The molecule has 0 aromatic carbocycles. The van der Waals surface area contributed by atoms with Gasteiger partial charge in [0.1, 0.15) is 0 Å². The van der Waals surface area contributed by atoms with E-state index < -0.39 is 37.9 Å². The van der Waals surface area contributed by atoms with Crippen LogP contribution in [0.15, 0.2) is 0 Å². The van der Waals surface area contributed by atoms with Gasteiger partial charge >= 0.3 is 0 Å². The molecule has 0 saturated carbocycles. The minimum absolute atomic E-state index is 0.0145. The Balaban J connectivity index is 0. The zero-order valence-electron chi connectivity index (χ0n) is 16.4. The zero-order chi connectivity index (χ0) is 20.6. The van der Waals surface area contributed by atoms with Crippen molar-refractivity contribution in [1.29, 1.82) is 0 Å². The lowest BCUT2D eigenvalue weighted by Gasteiger charge is -2.23. The van der Waals surface area contributed by atoms with E-state index in [4.69, 9.17) is 44.8 Å². The van der Waals surface area contributed by atoms with E-state index in [9.17, 15) is 0 Å². The second kappa shape index (κ2) is 16.8. The summed E-state index contributed by atoms with van der Waals surface area (Å²) in [4.78, 5) is 0. The molecular weight excluding hydrogens is 348 g/mol. The van der Waals surface area contributed by atoms with E-state index in [1.54, 1.807) is 13.8 Å². The van der Waals surface area contributed by atoms with Crippen LogP contribution >= 0.6 is 0 Å². The number of ether oxygens (including phenoxy) is 3. The van der Waals surface area contributed by atoms with Crippen molar-refractivity contribution in [3.63, 3.8) is 0 Å². The van der Waals surface area contributed by atoms with Gasteiger partial charge in [-0.05, 0) is 27.7 Å². The lowest BCUT2D eigenvalue weighted by atomic mass is 9.93. The third kappa shape index (κ3) is 14.8. The average molecular weight is 386 g/mol. The fourth-order valence-corrected chi connectivity index (χ4v) is 1.35. The molecule has 0 spiro atoms. The van der Waals surface area contributed by atoms with Crippen LogP contribution in [0.1, 0.15) is 27.7 Å². The van der Waals surface area contributed by atoms with E-state index in [1.165, 1.54) is 0 Å². The Labute approximate surface area is 156 Å². The van der Waals surface area contributed by atoms with E-state index in [1.807, 2.05) is 13.8 Å². The first kappa shape index (κ1) is 27.9. The zero-order valence-corrected chi connectivity index (χ0v) is 16.4. The molecule has 0 saturated heterocycles. The maximum Gasteiger partial charge on any atom is 0.0781 e. The second-order valence-electron chi connectivity index (χ2n) is 6.60. The molecule has 0 fully saturated rings. The Kier molecular flexibility index (Phi) is 18.0. The summed E-state index contributed by atoms with van der Waals surface area (Å²) in [5.74, 6) is 0. The van der Waals surface area contributed by atoms with Crippen LogP contribution in [0, 0.1) is 5.41 Å². The van der Waals surface area contributed by atoms with Gasteiger partial charge in [-0.15, -0.1) is 0 Å². The molecule has 0 aliphatic carbocycles. The molecule has 0 amide bonds. The minimum atomic E-state index is -1.11. The quantitative estimate of drug-likeness (QED) is 0.210. The summed E-state index contributed by atoms with van der Waals surface area (Å²) < 4.78 is 16.2. The fraction of sp³-hybridized carbons (Fsp3) is 1.00. The highest BCUT2D eigenvalue weighted by Crippen LogP contribution is 2.11. The summed E-state index contributed by atoms with van der Waals surface area (Å²) in [6.07, 6.45) is -0.711. The van der Waals surface area contributed by atoms with Crippen molar-refractivity contribution in [1.82, 2.24) is 0 Å². The van der Waals surface area contributed by atoms with E-state index in [-0.39, 0.29) is 24.9 Å². The molecule has 0 rings (SSSR count). The number of hydrogen-bond donors (Lipinski definition) is 6. The van der Waals surface area contributed by atoms with Gasteiger partial charge in [-0.25, -0.2) is 0 Å². The number of rotatable bonds is 14. The number of hydrogen-bond acceptors (Lipinski definition) is 9. The van der Waals surface area contributed by atoms with Gasteiger partial charge in [-0.1, -0.05) is 0 Å². The summed E-state index contributed by atoms with van der Waals surface area (Å²) in [6, 6.07) is 0. The largest absolute Gasteiger partial charge is 0.396 e. The normalized spacial score (nSPS) is 16.4. The van der Waals surface area contributed by atoms with Crippen molar-refractivity contribution in [2.45, 2.75) is 52.1 Å². The second-order valence-corrected chi connectivity index (χ2v) is 6.60. The highest BCUT2D eigenvalue weighted by atomic mass is 16.6. The van der Waals surface area contributed by atoms with Gasteiger partial charge in [-0.3, -0.25) is 0 Å². The van der Waals surface area contributed by atoms with Gasteiger partial charge in [0.05, 0.1) is 82.7 Å². The van der Waals surface area contributed by atoms with Gasteiger partial charge in [0, 0.05) is 0 Å². The highest BCUT2D eigenvalue weighted by Gasteiger charge is 2.26. The molecular formula is C17H38O9. The van der Waals surface area contributed by atoms with Crippen LogP contribution in [0.5, 0.6) is 0 Å². The fourth-order valence-electron chi connectivity index (χ4n) is 1.35. The molecule has 0 radical (unpaired) electrons. The lowest BCUT2D eigenvalue weighted by Crippen LogP contribution is -2.37. The molecule has 9 nitrogen and oxygen atoms in total. The molecule has 0 bridgehead atoms. The van der Waals surface area contributed by atoms with Crippen molar-refractivity contribution in [3.05, 3.63) is 0 Å². The molecule has 0 aliphatic rings. The Hall–Kier alpha value is -0.360. The average Bonchev–Trinajstić information content (AvgIpc) is 2.65. The summed E-state index contributed by atoms with van der Waals surface area (Å²) in [7, 11) is 0. The van der Waals surface area contributed by atoms with Crippen molar-refractivity contribution in [2.24, 2.45) is 5.41 Å². The van der Waals surface area contributed by atoms with Gasteiger partial charge in [0.25, 0.3) is 0 Å². The van der Waals surface area contributed by atoms with E-state index >= 15 is 0 Å². The Morgan fingerprint density at radius 3 is 1.23 bits per heavy atom. The SMILES string of the molecule is CC(O)COC(C)COC(C)COC(C)CO.OCC(CO)(CO)CO. The van der Waals surface area contributed by atoms with Gasteiger partial charge in [-0.2, -0.15) is 0 Å². The first-order chi connectivity index (χ1) is 12.2. The maximum atomic E-state index is 9.04. The van der Waals surface area contributed by atoms with Crippen LogP contribution < -0.4 is 0 Å². The maximum absolute atomic E-state index is 9.04. The smallest absolute Gasteiger partial charge is 0.0781 e. The predicted octanol–water partition coefficient (Wildman–Crippen LogP) is -1.48. The first-order valence-electron chi connectivity index (χ1n) is 8.77. The first-order valence-corrected chi connectivity index (χ1v) is 8.77. The predicted molar refractivity (Wildman–Crippen MR) is 95.8 cm³/mol. The Morgan fingerprint density at radius 1 is 0.615 bits per heavy atom. The Bertz CT molecular complexity index is 280. The summed E-state index contributed by atoms with van der Waals surface area (Å²) in [5, 5.41) is 51.8. The molecule has 9 heteroatoms. The van der Waals surface area contributed by atoms with Crippen LogP contribution in [-0.2, 0) is 14.2 Å². The van der Waals surface area contributed by atoms with Crippen LogP contribution in [0.3, 0.4) is 0 Å². The topological polar surface area (TPSA) is 149 Å². The molecule has 0 aliphatic heterocycles. The molecule has 6 N–H and O–H groups in total. The molecule has 0 heterocycles. The molecule has 4 unspecified atom stereocenters. The number of aliphatic hydroxyl groups excluding tert-OH is 6. The Morgan fingerprint density at radius 2 is 0.962 bits per heavy atom. The molecule has 0 aromatic heterocycles. The molecule has 0 aromatic rings. The van der Waals surface area contributed by atoms with Crippen LogP contribution in [-0.4, -0.2) is 108 Å². The summed E-state index contributed by atoms with van der Waals surface area (Å²) in [5.41, 5.74) is -1.11. The van der Waals surface area contributed by atoms with Gasteiger partial charge < -0.3 is 44.8 Å². The number of aliphatic hydroxyl groups is 6. The molecule has 4 atom stereocenters. The van der Waals surface area contributed by atoms with Crippen molar-refractivity contribution in [2.75, 3.05) is 52.9 Å². The monoisotopic (exact) mass is 386 g/mol. The summed E-state index contributed by atoms with van der Waals surface area (Å²) in [6.45, 7) is 6.91.